The summed E-state index contributed by atoms with van der Waals surface area (Å²) in [4.78, 5) is 14.8. The van der Waals surface area contributed by atoms with E-state index < -0.39 is 0 Å². The van der Waals surface area contributed by atoms with Crippen molar-refractivity contribution in [2.75, 3.05) is 23.7 Å². The van der Waals surface area contributed by atoms with E-state index in [1.165, 1.54) is 10.6 Å². The topological polar surface area (TPSA) is 20.3 Å². The minimum Gasteiger partial charge on any atom is -0.371 e. The lowest BCUT2D eigenvalue weighted by Gasteiger charge is -2.28. The smallest absolute Gasteiger partial charge is 0.136 e. The second kappa shape index (κ2) is 5.39. The summed E-state index contributed by atoms with van der Waals surface area (Å²) < 4.78 is 0. The molecule has 0 radical (unpaired) electrons. The fourth-order valence-electron chi connectivity index (χ4n) is 1.93. The van der Waals surface area contributed by atoms with Crippen molar-refractivity contribution in [3.8, 4) is 0 Å². The van der Waals surface area contributed by atoms with Gasteiger partial charge in [0.05, 0.1) is 0 Å². The van der Waals surface area contributed by atoms with Crippen LogP contribution in [0, 0.1) is 0 Å². The van der Waals surface area contributed by atoms with E-state index in [1.54, 1.807) is 0 Å². The Labute approximate surface area is 101 Å². The molecule has 0 saturated carbocycles. The molecule has 0 spiro atoms. The number of hydrogen-bond donors (Lipinski definition) is 0. The van der Waals surface area contributed by atoms with Crippen molar-refractivity contribution in [2.24, 2.45) is 0 Å². The molecule has 16 heavy (non-hydrogen) atoms. The number of piperidine rings is 1. The van der Waals surface area contributed by atoms with E-state index in [9.17, 15) is 4.79 Å². The highest BCUT2D eigenvalue weighted by Gasteiger charge is 2.15. The van der Waals surface area contributed by atoms with Crippen LogP contribution in [0.1, 0.15) is 19.8 Å². The number of rotatable bonds is 3. The highest BCUT2D eigenvalue weighted by atomic mass is 32.2. The molecule has 1 fully saturated rings. The van der Waals surface area contributed by atoms with Crippen LogP contribution in [0.2, 0.25) is 0 Å². The highest BCUT2D eigenvalue weighted by Crippen LogP contribution is 2.23. The zero-order valence-corrected chi connectivity index (χ0v) is 10.4. The van der Waals surface area contributed by atoms with Crippen molar-refractivity contribution in [3.05, 3.63) is 24.3 Å². The number of carbonyl (C=O) groups is 1. The second-order valence-corrected chi connectivity index (χ2v) is 5.29. The molecule has 0 N–H and O–H groups in total. The van der Waals surface area contributed by atoms with Crippen LogP contribution in [0.25, 0.3) is 0 Å². The Morgan fingerprint density at radius 3 is 2.38 bits per heavy atom. The van der Waals surface area contributed by atoms with Gasteiger partial charge in [-0.2, -0.15) is 0 Å². The quantitative estimate of drug-likeness (QED) is 0.751. The monoisotopic (exact) mass is 235 g/mol. The van der Waals surface area contributed by atoms with Gasteiger partial charge in [-0.05, 0) is 30.0 Å². The Balaban J connectivity index is 2.01. The number of carbonyl (C=O) groups excluding carboxylic acids is 1. The summed E-state index contributed by atoms with van der Waals surface area (Å²) in [5.41, 5.74) is 1.24. The maximum atomic E-state index is 11.1. The molecule has 1 heterocycles. The van der Waals surface area contributed by atoms with Crippen LogP contribution in [-0.4, -0.2) is 24.6 Å². The van der Waals surface area contributed by atoms with E-state index in [2.05, 4.69) is 36.1 Å². The molecule has 1 aromatic rings. The summed E-state index contributed by atoms with van der Waals surface area (Å²) in [6.07, 6.45) is 1.40. The van der Waals surface area contributed by atoms with Crippen molar-refractivity contribution in [3.63, 3.8) is 0 Å². The Kier molecular flexibility index (Phi) is 3.88. The van der Waals surface area contributed by atoms with Crippen LogP contribution < -0.4 is 4.90 Å². The molecule has 0 aromatic heterocycles. The normalized spacial score (nSPS) is 16.6. The number of hydrogen-bond acceptors (Lipinski definition) is 3. The van der Waals surface area contributed by atoms with Gasteiger partial charge in [0, 0.05) is 36.5 Å². The van der Waals surface area contributed by atoms with Crippen molar-refractivity contribution >= 4 is 23.2 Å². The Bertz CT molecular complexity index is 351. The average Bonchev–Trinajstić information content (AvgIpc) is 2.32. The van der Waals surface area contributed by atoms with Gasteiger partial charge < -0.3 is 4.90 Å². The minimum absolute atomic E-state index is 0.398. The predicted molar refractivity (Wildman–Crippen MR) is 69.3 cm³/mol. The first-order valence-corrected chi connectivity index (χ1v) is 6.77. The SMILES string of the molecule is CCSc1ccc(N2CCC(=O)CC2)cc1. The van der Waals surface area contributed by atoms with E-state index in [4.69, 9.17) is 0 Å². The number of anilines is 1. The molecule has 1 aliphatic heterocycles. The first kappa shape index (κ1) is 11.5. The van der Waals surface area contributed by atoms with Gasteiger partial charge in [0.1, 0.15) is 5.78 Å². The average molecular weight is 235 g/mol. The molecule has 86 valence electrons. The van der Waals surface area contributed by atoms with E-state index in [0.717, 1.165) is 18.8 Å². The highest BCUT2D eigenvalue weighted by molar-refractivity contribution is 7.99. The fourth-order valence-corrected chi connectivity index (χ4v) is 2.60. The van der Waals surface area contributed by atoms with Crippen LogP contribution in [0.15, 0.2) is 29.2 Å². The Hall–Kier alpha value is -0.960. The number of ketones is 1. The van der Waals surface area contributed by atoms with E-state index in [-0.39, 0.29) is 0 Å². The molecular formula is C13H17NOS. The van der Waals surface area contributed by atoms with Gasteiger partial charge in [-0.25, -0.2) is 0 Å². The molecule has 1 aliphatic rings. The summed E-state index contributed by atoms with van der Waals surface area (Å²) in [6.45, 7) is 3.91. The third-order valence-electron chi connectivity index (χ3n) is 2.83. The number of nitrogens with zero attached hydrogens (tertiary/aromatic N) is 1. The third kappa shape index (κ3) is 2.79. The minimum atomic E-state index is 0.398. The van der Waals surface area contributed by atoms with Gasteiger partial charge >= 0.3 is 0 Å². The number of thioether (sulfide) groups is 1. The van der Waals surface area contributed by atoms with Crippen LogP contribution in [0.3, 0.4) is 0 Å². The molecule has 0 amide bonds. The first-order chi connectivity index (χ1) is 7.79. The van der Waals surface area contributed by atoms with Crippen LogP contribution in [-0.2, 0) is 4.79 Å². The Morgan fingerprint density at radius 1 is 1.19 bits per heavy atom. The molecule has 3 heteroatoms. The number of Topliss-reactive ketones (excluding diaryl/α,β-unsaturated/α-hetero) is 1. The van der Waals surface area contributed by atoms with E-state index >= 15 is 0 Å². The Morgan fingerprint density at radius 2 is 1.81 bits per heavy atom. The maximum Gasteiger partial charge on any atom is 0.136 e. The molecule has 0 unspecified atom stereocenters. The molecule has 2 nitrogen and oxygen atoms in total. The van der Waals surface area contributed by atoms with Crippen molar-refractivity contribution in [1.29, 1.82) is 0 Å². The largest absolute Gasteiger partial charge is 0.371 e. The lowest BCUT2D eigenvalue weighted by Crippen LogP contribution is -2.33. The van der Waals surface area contributed by atoms with Gasteiger partial charge in [0.15, 0.2) is 0 Å². The van der Waals surface area contributed by atoms with Gasteiger partial charge in [-0.1, -0.05) is 6.92 Å². The number of benzene rings is 1. The predicted octanol–water partition coefficient (Wildman–Crippen LogP) is 2.97. The molecular weight excluding hydrogens is 218 g/mol. The summed E-state index contributed by atoms with van der Waals surface area (Å²) >= 11 is 1.86. The zero-order valence-electron chi connectivity index (χ0n) is 9.61. The second-order valence-electron chi connectivity index (χ2n) is 3.95. The van der Waals surface area contributed by atoms with Crippen molar-refractivity contribution in [2.45, 2.75) is 24.7 Å². The van der Waals surface area contributed by atoms with E-state index in [1.807, 2.05) is 11.8 Å². The molecule has 0 aliphatic carbocycles. The van der Waals surface area contributed by atoms with Crippen LogP contribution in [0.5, 0.6) is 0 Å². The summed E-state index contributed by atoms with van der Waals surface area (Å²) in [7, 11) is 0. The van der Waals surface area contributed by atoms with Crippen molar-refractivity contribution in [1.82, 2.24) is 0 Å². The van der Waals surface area contributed by atoms with E-state index in [0.29, 0.717) is 18.6 Å². The summed E-state index contributed by atoms with van der Waals surface area (Å²) in [5, 5.41) is 0. The fraction of sp³-hybridized carbons (Fsp3) is 0.462. The molecule has 1 aromatic carbocycles. The molecule has 0 atom stereocenters. The zero-order chi connectivity index (χ0) is 11.4. The van der Waals surface area contributed by atoms with Crippen LogP contribution in [0.4, 0.5) is 5.69 Å². The molecule has 0 bridgehead atoms. The van der Waals surface area contributed by atoms with Crippen LogP contribution >= 0.6 is 11.8 Å². The lowest BCUT2D eigenvalue weighted by molar-refractivity contribution is -0.119. The first-order valence-electron chi connectivity index (χ1n) is 5.79. The standard InChI is InChI=1S/C13H17NOS/c1-2-16-13-5-3-11(4-6-13)14-9-7-12(15)8-10-14/h3-6H,2,7-10H2,1H3. The van der Waals surface area contributed by atoms with Gasteiger partial charge in [-0.3, -0.25) is 4.79 Å². The molecule has 1 saturated heterocycles. The van der Waals surface area contributed by atoms with Gasteiger partial charge in [-0.15, -0.1) is 11.8 Å². The summed E-state index contributed by atoms with van der Waals surface area (Å²) in [5.74, 6) is 1.51. The lowest BCUT2D eigenvalue weighted by atomic mass is 10.1. The maximum absolute atomic E-state index is 11.1. The van der Waals surface area contributed by atoms with Crippen molar-refractivity contribution < 1.29 is 4.79 Å². The molecule has 2 rings (SSSR count). The van der Waals surface area contributed by atoms with Gasteiger partial charge in [0.2, 0.25) is 0 Å². The summed E-state index contributed by atoms with van der Waals surface area (Å²) in [6, 6.07) is 8.65. The third-order valence-corrected chi connectivity index (χ3v) is 3.73. The van der Waals surface area contributed by atoms with Gasteiger partial charge in [0.25, 0.3) is 0 Å².